The van der Waals surface area contributed by atoms with Crippen LogP contribution in [0.15, 0.2) is 41.1 Å². The van der Waals surface area contributed by atoms with Crippen LogP contribution >= 0.6 is 0 Å². The Labute approximate surface area is 143 Å². The number of hydrogen-bond donors (Lipinski definition) is 0. The zero-order valence-electron chi connectivity index (χ0n) is 13.9. The van der Waals surface area contributed by atoms with E-state index in [0.29, 0.717) is 11.5 Å². The molecule has 0 radical (unpaired) electrons. The van der Waals surface area contributed by atoms with Crippen molar-refractivity contribution in [3.05, 3.63) is 47.8 Å². The number of benzene rings is 1. The summed E-state index contributed by atoms with van der Waals surface area (Å²) in [5.41, 5.74) is 1.61. The highest BCUT2D eigenvalue weighted by atomic mass is 19.4. The molecule has 2 aromatic heterocycles. The van der Waals surface area contributed by atoms with Gasteiger partial charge in [-0.1, -0.05) is 26.2 Å². The third kappa shape index (κ3) is 4.00. The molecule has 0 N–H and O–H groups in total. The SMILES string of the molecule is CCCCCCc1cnccc1-c1nc2cc(C(F)(F)F)ccc2o1. The van der Waals surface area contributed by atoms with Gasteiger partial charge < -0.3 is 4.42 Å². The van der Waals surface area contributed by atoms with Crippen molar-refractivity contribution in [2.24, 2.45) is 0 Å². The van der Waals surface area contributed by atoms with Crippen molar-refractivity contribution in [2.45, 2.75) is 45.2 Å². The quantitative estimate of drug-likeness (QED) is 0.510. The van der Waals surface area contributed by atoms with Crippen LogP contribution in [0.25, 0.3) is 22.6 Å². The summed E-state index contributed by atoms with van der Waals surface area (Å²) in [6, 6.07) is 5.14. The maximum absolute atomic E-state index is 12.8. The molecule has 1 aromatic carbocycles. The Morgan fingerprint density at radius 1 is 1.08 bits per heavy atom. The van der Waals surface area contributed by atoms with Crippen molar-refractivity contribution in [3.63, 3.8) is 0 Å². The first-order valence-electron chi connectivity index (χ1n) is 8.40. The molecule has 3 nitrogen and oxygen atoms in total. The Morgan fingerprint density at radius 3 is 2.68 bits per heavy atom. The van der Waals surface area contributed by atoms with Crippen molar-refractivity contribution < 1.29 is 17.6 Å². The van der Waals surface area contributed by atoms with Gasteiger partial charge in [0.1, 0.15) is 5.52 Å². The molecular weight excluding hydrogens is 329 g/mol. The maximum atomic E-state index is 12.8. The summed E-state index contributed by atoms with van der Waals surface area (Å²) in [6.07, 6.45) is 4.37. The van der Waals surface area contributed by atoms with Crippen molar-refractivity contribution >= 4 is 11.1 Å². The number of aryl methyl sites for hydroxylation is 1. The van der Waals surface area contributed by atoms with Gasteiger partial charge in [0, 0.05) is 18.0 Å². The number of rotatable bonds is 6. The Balaban J connectivity index is 1.91. The average Bonchev–Trinajstić information content (AvgIpc) is 3.01. The fraction of sp³-hybridized carbons (Fsp3) is 0.368. The fourth-order valence-corrected chi connectivity index (χ4v) is 2.80. The predicted octanol–water partition coefficient (Wildman–Crippen LogP) is 6.03. The molecule has 0 aliphatic heterocycles. The number of oxazole rings is 1. The molecule has 0 unspecified atom stereocenters. The van der Waals surface area contributed by atoms with E-state index in [0.717, 1.165) is 48.9 Å². The minimum absolute atomic E-state index is 0.207. The van der Waals surface area contributed by atoms with Crippen LogP contribution in [0.1, 0.15) is 43.7 Å². The second kappa shape index (κ2) is 7.25. The van der Waals surface area contributed by atoms with Gasteiger partial charge in [0.2, 0.25) is 5.89 Å². The summed E-state index contributed by atoms with van der Waals surface area (Å²) >= 11 is 0. The number of alkyl halides is 3. The van der Waals surface area contributed by atoms with Gasteiger partial charge in [-0.2, -0.15) is 13.2 Å². The van der Waals surface area contributed by atoms with Crippen LogP contribution in [0.2, 0.25) is 0 Å². The monoisotopic (exact) mass is 348 g/mol. The lowest BCUT2D eigenvalue weighted by Gasteiger charge is -2.05. The first-order valence-corrected chi connectivity index (χ1v) is 8.40. The van der Waals surface area contributed by atoms with Crippen LogP contribution in [0, 0.1) is 0 Å². The zero-order chi connectivity index (χ0) is 17.9. The molecule has 0 bridgehead atoms. The van der Waals surface area contributed by atoms with Crippen LogP contribution in [0.4, 0.5) is 13.2 Å². The Hall–Kier alpha value is -2.37. The van der Waals surface area contributed by atoms with Gasteiger partial charge >= 0.3 is 6.18 Å². The Kier molecular flexibility index (Phi) is 5.06. The molecule has 3 rings (SSSR count). The first kappa shape index (κ1) is 17.5. The van der Waals surface area contributed by atoms with E-state index in [1.54, 1.807) is 18.5 Å². The third-order valence-corrected chi connectivity index (χ3v) is 4.15. The Bertz CT molecular complexity index is 855. The molecule has 0 saturated heterocycles. The molecule has 0 saturated carbocycles. The Morgan fingerprint density at radius 2 is 1.92 bits per heavy atom. The number of unbranched alkanes of at least 4 members (excludes halogenated alkanes) is 3. The lowest BCUT2D eigenvalue weighted by molar-refractivity contribution is -0.137. The molecule has 132 valence electrons. The first-order chi connectivity index (χ1) is 12.0. The predicted molar refractivity (Wildman–Crippen MR) is 90.1 cm³/mol. The third-order valence-electron chi connectivity index (χ3n) is 4.15. The second-order valence-electron chi connectivity index (χ2n) is 6.04. The van der Waals surface area contributed by atoms with E-state index >= 15 is 0 Å². The second-order valence-corrected chi connectivity index (χ2v) is 6.04. The number of hydrogen-bond acceptors (Lipinski definition) is 3. The number of nitrogens with zero attached hydrogens (tertiary/aromatic N) is 2. The van der Waals surface area contributed by atoms with Crippen molar-refractivity contribution in [2.75, 3.05) is 0 Å². The van der Waals surface area contributed by atoms with Gasteiger partial charge in [-0.25, -0.2) is 4.98 Å². The van der Waals surface area contributed by atoms with E-state index in [1.807, 2.05) is 0 Å². The standard InChI is InChI=1S/C19H19F3N2O/c1-2-3-4-5-6-13-12-23-10-9-15(13)18-24-16-11-14(19(20,21)22)7-8-17(16)25-18/h7-12H,2-6H2,1H3. The minimum Gasteiger partial charge on any atom is -0.436 e. The molecule has 0 aliphatic carbocycles. The van der Waals surface area contributed by atoms with Crippen molar-refractivity contribution in [1.82, 2.24) is 9.97 Å². The van der Waals surface area contributed by atoms with E-state index in [2.05, 4.69) is 16.9 Å². The molecule has 0 amide bonds. The van der Waals surface area contributed by atoms with Crippen molar-refractivity contribution in [3.8, 4) is 11.5 Å². The fourth-order valence-electron chi connectivity index (χ4n) is 2.80. The highest BCUT2D eigenvalue weighted by Crippen LogP contribution is 2.33. The van der Waals surface area contributed by atoms with Crippen LogP contribution in [0.3, 0.4) is 0 Å². The van der Waals surface area contributed by atoms with Crippen LogP contribution < -0.4 is 0 Å². The molecule has 0 aliphatic rings. The number of aromatic nitrogens is 2. The number of fused-ring (bicyclic) bond motifs is 1. The average molecular weight is 348 g/mol. The van der Waals surface area contributed by atoms with Gasteiger partial charge in [-0.3, -0.25) is 4.98 Å². The van der Waals surface area contributed by atoms with Gasteiger partial charge in [-0.15, -0.1) is 0 Å². The molecule has 0 fully saturated rings. The summed E-state index contributed by atoms with van der Waals surface area (Å²) in [6.45, 7) is 2.16. The lowest BCUT2D eigenvalue weighted by atomic mass is 10.0. The summed E-state index contributed by atoms with van der Waals surface area (Å²) < 4.78 is 44.2. The molecule has 0 spiro atoms. The molecule has 0 atom stereocenters. The van der Waals surface area contributed by atoms with Gasteiger partial charge in [-0.05, 0) is 42.7 Å². The van der Waals surface area contributed by atoms with Gasteiger partial charge in [0.25, 0.3) is 0 Å². The number of pyridine rings is 1. The minimum atomic E-state index is -4.39. The molecule has 2 heterocycles. The van der Waals surface area contributed by atoms with E-state index < -0.39 is 11.7 Å². The normalized spacial score (nSPS) is 12.0. The topological polar surface area (TPSA) is 38.9 Å². The van der Waals surface area contributed by atoms with Crippen LogP contribution in [-0.4, -0.2) is 9.97 Å². The van der Waals surface area contributed by atoms with Crippen LogP contribution in [0.5, 0.6) is 0 Å². The van der Waals surface area contributed by atoms with Gasteiger partial charge in [0.15, 0.2) is 5.58 Å². The highest BCUT2D eigenvalue weighted by Gasteiger charge is 2.31. The summed E-state index contributed by atoms with van der Waals surface area (Å²) in [4.78, 5) is 8.42. The van der Waals surface area contributed by atoms with E-state index in [-0.39, 0.29) is 5.52 Å². The number of halogens is 3. The van der Waals surface area contributed by atoms with Crippen LogP contribution in [-0.2, 0) is 12.6 Å². The van der Waals surface area contributed by atoms with Crippen molar-refractivity contribution in [1.29, 1.82) is 0 Å². The smallest absolute Gasteiger partial charge is 0.416 e. The molecule has 3 aromatic rings. The molecule has 25 heavy (non-hydrogen) atoms. The lowest BCUT2D eigenvalue weighted by Crippen LogP contribution is -2.03. The highest BCUT2D eigenvalue weighted by molar-refractivity contribution is 5.77. The summed E-state index contributed by atoms with van der Waals surface area (Å²) in [5, 5.41) is 0. The van der Waals surface area contributed by atoms with E-state index in [9.17, 15) is 13.2 Å². The largest absolute Gasteiger partial charge is 0.436 e. The zero-order valence-corrected chi connectivity index (χ0v) is 13.9. The van der Waals surface area contributed by atoms with E-state index in [4.69, 9.17) is 4.42 Å². The van der Waals surface area contributed by atoms with E-state index in [1.165, 1.54) is 12.5 Å². The summed E-state index contributed by atoms with van der Waals surface area (Å²) in [5.74, 6) is 0.335. The maximum Gasteiger partial charge on any atom is 0.416 e. The molecule has 6 heteroatoms. The van der Waals surface area contributed by atoms with Gasteiger partial charge in [0.05, 0.1) is 5.56 Å². The summed E-state index contributed by atoms with van der Waals surface area (Å²) in [7, 11) is 0. The molecular formula is C19H19F3N2O.